The van der Waals surface area contributed by atoms with E-state index in [0.29, 0.717) is 17.4 Å². The summed E-state index contributed by atoms with van der Waals surface area (Å²) in [5, 5.41) is 4.40. The summed E-state index contributed by atoms with van der Waals surface area (Å²) in [5.41, 5.74) is 4.08. The summed E-state index contributed by atoms with van der Waals surface area (Å²) in [6, 6.07) is 14.0. The summed E-state index contributed by atoms with van der Waals surface area (Å²) in [6.07, 6.45) is 5.51. The molecule has 2 aliphatic rings. The molecule has 0 unspecified atom stereocenters. The molecule has 0 amide bonds. The number of nitrogens with one attached hydrogen (secondary N) is 1. The van der Waals surface area contributed by atoms with Crippen LogP contribution in [0.3, 0.4) is 0 Å². The fourth-order valence-corrected chi connectivity index (χ4v) is 3.97. The largest absolute Gasteiger partial charge is 0.465 e. The average molecular weight is 340 g/mol. The molecule has 2 aromatic rings. The monoisotopic (exact) mass is 339 g/mol. The molecular formula is C20H18ClNO2. The Balaban J connectivity index is 1.74. The molecule has 3 atom stereocenters. The average Bonchev–Trinajstić information content (AvgIpc) is 3.11. The first-order valence-electron chi connectivity index (χ1n) is 8.08. The molecule has 0 spiro atoms. The number of ether oxygens (including phenoxy) is 1. The maximum absolute atomic E-state index is 11.8. The van der Waals surface area contributed by atoms with E-state index < -0.39 is 0 Å². The van der Waals surface area contributed by atoms with Gasteiger partial charge >= 0.3 is 5.97 Å². The second-order valence-electron chi connectivity index (χ2n) is 6.32. The van der Waals surface area contributed by atoms with Gasteiger partial charge in [0.1, 0.15) is 0 Å². The molecule has 24 heavy (non-hydrogen) atoms. The number of methoxy groups -OCH3 is 1. The number of allylic oxidation sites excluding steroid dienone is 2. The molecule has 1 N–H and O–H groups in total. The number of carbonyl (C=O) groups is 1. The number of fused-ring (bicyclic) bond motifs is 3. The first-order chi connectivity index (χ1) is 11.7. The normalized spacial score (nSPS) is 24.0. The number of rotatable bonds is 2. The summed E-state index contributed by atoms with van der Waals surface area (Å²) in [7, 11) is 1.41. The molecule has 3 nitrogen and oxygen atoms in total. The van der Waals surface area contributed by atoms with E-state index in [0.717, 1.165) is 17.1 Å². The molecule has 0 saturated carbocycles. The van der Waals surface area contributed by atoms with Gasteiger partial charge < -0.3 is 10.1 Å². The van der Waals surface area contributed by atoms with E-state index in [9.17, 15) is 4.79 Å². The van der Waals surface area contributed by atoms with Crippen molar-refractivity contribution in [3.05, 3.63) is 76.3 Å². The van der Waals surface area contributed by atoms with Crippen LogP contribution in [0.5, 0.6) is 0 Å². The third-order valence-corrected chi connectivity index (χ3v) is 5.26. The first kappa shape index (κ1) is 15.3. The summed E-state index contributed by atoms with van der Waals surface area (Å²) >= 11 is 6.03. The van der Waals surface area contributed by atoms with E-state index in [1.165, 1.54) is 18.2 Å². The van der Waals surface area contributed by atoms with Crippen molar-refractivity contribution in [1.29, 1.82) is 0 Å². The van der Waals surface area contributed by atoms with Crippen LogP contribution in [0.15, 0.2) is 54.6 Å². The van der Waals surface area contributed by atoms with Crippen molar-refractivity contribution in [2.24, 2.45) is 5.92 Å². The molecule has 122 valence electrons. The van der Waals surface area contributed by atoms with Gasteiger partial charge in [-0.2, -0.15) is 0 Å². The molecule has 0 bridgehead atoms. The molecule has 1 aliphatic heterocycles. The molecule has 1 heterocycles. The Morgan fingerprint density at radius 2 is 2.00 bits per heavy atom. The fraction of sp³-hybridized carbons (Fsp3) is 0.250. The predicted octanol–water partition coefficient (Wildman–Crippen LogP) is 4.95. The molecular weight excluding hydrogens is 322 g/mol. The first-order valence-corrected chi connectivity index (χ1v) is 8.46. The zero-order valence-corrected chi connectivity index (χ0v) is 14.1. The molecule has 4 rings (SSSR count). The summed E-state index contributed by atoms with van der Waals surface area (Å²) in [4.78, 5) is 11.8. The topological polar surface area (TPSA) is 38.3 Å². The van der Waals surface area contributed by atoms with Gasteiger partial charge in [0.2, 0.25) is 0 Å². The number of esters is 1. The molecule has 0 aromatic heterocycles. The molecule has 1 aliphatic carbocycles. The van der Waals surface area contributed by atoms with Crippen LogP contribution in [0.25, 0.3) is 0 Å². The van der Waals surface area contributed by atoms with E-state index >= 15 is 0 Å². The SMILES string of the molecule is COC(=O)c1ccc2c(c1)[C@@H]1C=CC[C@H]1[C@@H](c1ccc(Cl)cc1)N2. The van der Waals surface area contributed by atoms with Gasteiger partial charge in [-0.3, -0.25) is 0 Å². The van der Waals surface area contributed by atoms with E-state index in [-0.39, 0.29) is 12.0 Å². The van der Waals surface area contributed by atoms with Crippen LogP contribution in [0.2, 0.25) is 5.02 Å². The van der Waals surface area contributed by atoms with E-state index in [2.05, 4.69) is 29.6 Å². The van der Waals surface area contributed by atoms with Crippen molar-refractivity contribution in [3.63, 3.8) is 0 Å². The van der Waals surface area contributed by atoms with Crippen LogP contribution >= 0.6 is 11.6 Å². The van der Waals surface area contributed by atoms with Crippen LogP contribution in [-0.4, -0.2) is 13.1 Å². The molecule has 0 radical (unpaired) electrons. The molecule has 0 saturated heterocycles. The minimum absolute atomic E-state index is 0.235. The zero-order chi connectivity index (χ0) is 16.7. The van der Waals surface area contributed by atoms with Crippen LogP contribution in [0, 0.1) is 5.92 Å². The Bertz CT molecular complexity index is 813. The van der Waals surface area contributed by atoms with Gasteiger partial charge in [0.05, 0.1) is 18.7 Å². The van der Waals surface area contributed by atoms with E-state index in [4.69, 9.17) is 16.3 Å². The minimum atomic E-state index is -0.295. The van der Waals surface area contributed by atoms with Crippen molar-refractivity contribution in [1.82, 2.24) is 0 Å². The Morgan fingerprint density at radius 3 is 2.75 bits per heavy atom. The lowest BCUT2D eigenvalue weighted by atomic mass is 9.76. The number of benzene rings is 2. The van der Waals surface area contributed by atoms with Gasteiger partial charge in [0.15, 0.2) is 0 Å². The second kappa shape index (κ2) is 5.99. The summed E-state index contributed by atoms with van der Waals surface area (Å²) in [6.45, 7) is 0. The van der Waals surface area contributed by atoms with E-state index in [1.54, 1.807) is 0 Å². The molecule has 2 aromatic carbocycles. The zero-order valence-electron chi connectivity index (χ0n) is 13.3. The van der Waals surface area contributed by atoms with Crippen LogP contribution < -0.4 is 5.32 Å². The third-order valence-electron chi connectivity index (χ3n) is 5.01. The van der Waals surface area contributed by atoms with Crippen molar-refractivity contribution in [3.8, 4) is 0 Å². The minimum Gasteiger partial charge on any atom is -0.465 e. The van der Waals surface area contributed by atoms with Crippen molar-refractivity contribution < 1.29 is 9.53 Å². The van der Waals surface area contributed by atoms with Gasteiger partial charge in [-0.25, -0.2) is 4.79 Å². The lowest BCUT2D eigenvalue weighted by Crippen LogP contribution is -2.29. The smallest absolute Gasteiger partial charge is 0.337 e. The van der Waals surface area contributed by atoms with Crippen molar-refractivity contribution >= 4 is 23.3 Å². The van der Waals surface area contributed by atoms with Gasteiger partial charge in [0.25, 0.3) is 0 Å². The second-order valence-corrected chi connectivity index (χ2v) is 6.76. The highest BCUT2D eigenvalue weighted by Gasteiger charge is 2.38. The van der Waals surface area contributed by atoms with Crippen molar-refractivity contribution in [2.75, 3.05) is 12.4 Å². The highest BCUT2D eigenvalue weighted by atomic mass is 35.5. The number of carbonyl (C=O) groups excluding carboxylic acids is 1. The predicted molar refractivity (Wildman–Crippen MR) is 95.6 cm³/mol. The number of hydrogen-bond donors (Lipinski definition) is 1. The lowest BCUT2D eigenvalue weighted by molar-refractivity contribution is 0.0600. The van der Waals surface area contributed by atoms with E-state index in [1.807, 2.05) is 30.3 Å². The third kappa shape index (κ3) is 2.49. The number of halogens is 1. The number of anilines is 1. The quantitative estimate of drug-likeness (QED) is 0.621. The van der Waals surface area contributed by atoms with Gasteiger partial charge in [-0.05, 0) is 53.8 Å². The molecule has 4 heteroatoms. The Hall–Kier alpha value is -2.26. The van der Waals surface area contributed by atoms with Gasteiger partial charge in [-0.15, -0.1) is 0 Å². The maximum atomic E-state index is 11.8. The fourth-order valence-electron chi connectivity index (χ4n) is 3.84. The van der Waals surface area contributed by atoms with Crippen LogP contribution in [-0.2, 0) is 4.74 Å². The standard InChI is InChI=1S/C20H18ClNO2/c1-24-20(23)13-7-10-18-17(11-13)15-3-2-4-16(15)19(22-18)12-5-8-14(21)9-6-12/h2-3,5-11,15-16,19,22H,4H2,1H3/t15-,16-,19-/m1/s1. The van der Waals surface area contributed by atoms with Gasteiger partial charge in [-0.1, -0.05) is 35.9 Å². The molecule has 0 fully saturated rings. The summed E-state index contributed by atoms with van der Waals surface area (Å²) in [5.74, 6) is 0.453. The summed E-state index contributed by atoms with van der Waals surface area (Å²) < 4.78 is 4.85. The van der Waals surface area contributed by atoms with Crippen LogP contribution in [0.4, 0.5) is 5.69 Å². The lowest BCUT2D eigenvalue weighted by Gasteiger charge is -2.37. The van der Waals surface area contributed by atoms with Crippen LogP contribution in [0.1, 0.15) is 39.9 Å². The Morgan fingerprint density at radius 1 is 1.21 bits per heavy atom. The Kier molecular flexibility index (Phi) is 3.81. The highest BCUT2D eigenvalue weighted by molar-refractivity contribution is 6.30. The van der Waals surface area contributed by atoms with Crippen molar-refractivity contribution in [2.45, 2.75) is 18.4 Å². The van der Waals surface area contributed by atoms with Gasteiger partial charge in [0, 0.05) is 16.6 Å². The Labute approximate surface area is 146 Å². The number of hydrogen-bond acceptors (Lipinski definition) is 3. The highest BCUT2D eigenvalue weighted by Crippen LogP contribution is 2.50. The maximum Gasteiger partial charge on any atom is 0.337 e.